The number of allylic oxidation sites excluding steroid dienone is 1. The molecule has 1 fully saturated rings. The van der Waals surface area contributed by atoms with E-state index in [1.165, 1.54) is 12.2 Å². The first-order valence-electron chi connectivity index (χ1n) is 4.02. The second kappa shape index (κ2) is 2.65. The first-order valence-corrected chi connectivity index (χ1v) is 4.02. The highest BCUT2D eigenvalue weighted by Gasteiger charge is 2.55. The number of fused-ring (bicyclic) bond motifs is 1. The molecular weight excluding hydrogens is 174 g/mol. The van der Waals surface area contributed by atoms with Crippen molar-refractivity contribution >= 4 is 0 Å². The van der Waals surface area contributed by atoms with Crippen molar-refractivity contribution < 1.29 is 14.8 Å². The molecule has 0 aromatic rings. The molecule has 1 N–H and O–H groups in total. The second-order valence-corrected chi connectivity index (χ2v) is 3.15. The van der Waals surface area contributed by atoms with Crippen molar-refractivity contribution in [2.45, 2.75) is 18.1 Å². The highest BCUT2D eigenvalue weighted by Crippen LogP contribution is 2.45. The molecule has 0 spiro atoms. The number of nitrogens with zero attached hydrogens (tertiary/aromatic N) is 1. The zero-order chi connectivity index (χ0) is 9.47. The Morgan fingerprint density at radius 2 is 2.54 bits per heavy atom. The van der Waals surface area contributed by atoms with Gasteiger partial charge < -0.3 is 9.84 Å². The van der Waals surface area contributed by atoms with Crippen molar-refractivity contribution in [3.63, 3.8) is 0 Å². The van der Waals surface area contributed by atoms with Gasteiger partial charge in [0.2, 0.25) is 0 Å². The Morgan fingerprint density at radius 1 is 1.77 bits per heavy atom. The molecule has 1 saturated heterocycles. The second-order valence-electron chi connectivity index (χ2n) is 3.15. The van der Waals surface area contributed by atoms with Crippen molar-refractivity contribution in [1.29, 1.82) is 0 Å². The van der Waals surface area contributed by atoms with Gasteiger partial charge in [0.05, 0.1) is 4.92 Å². The van der Waals surface area contributed by atoms with Gasteiger partial charge in [-0.1, -0.05) is 0 Å². The number of hydrogen-bond acceptors (Lipinski definition) is 4. The number of aliphatic hydroxyl groups excluding tert-OH is 1. The minimum atomic E-state index is -0.450. The van der Waals surface area contributed by atoms with Crippen LogP contribution >= 0.6 is 0 Å². The molecule has 2 atom stereocenters. The zero-order valence-corrected chi connectivity index (χ0v) is 6.84. The van der Waals surface area contributed by atoms with Crippen LogP contribution in [0.1, 0.15) is 6.42 Å². The summed E-state index contributed by atoms with van der Waals surface area (Å²) < 4.78 is 5.26. The van der Waals surface area contributed by atoms with Gasteiger partial charge in [-0.05, 0) is 6.08 Å². The minimum Gasteiger partial charge on any atom is -0.396 e. The van der Waals surface area contributed by atoms with Gasteiger partial charge in [-0.25, -0.2) is 0 Å². The van der Waals surface area contributed by atoms with Crippen LogP contribution in [0.4, 0.5) is 0 Å². The van der Waals surface area contributed by atoms with Gasteiger partial charge in [0.15, 0.2) is 0 Å². The Bertz CT molecular complexity index is 309. The minimum absolute atomic E-state index is 0.0302. The zero-order valence-electron chi connectivity index (χ0n) is 6.84. The molecule has 5 nitrogen and oxygen atoms in total. The molecule has 0 saturated carbocycles. The van der Waals surface area contributed by atoms with Crippen molar-refractivity contribution in [1.82, 2.24) is 0 Å². The number of aliphatic hydroxyl groups is 1. The fourth-order valence-electron chi connectivity index (χ4n) is 1.53. The Hall–Kier alpha value is -1.20. The molecule has 5 heteroatoms. The molecule has 0 bridgehead atoms. The van der Waals surface area contributed by atoms with E-state index < -0.39 is 10.5 Å². The fraction of sp³-hybridized carbons (Fsp3) is 0.500. The third kappa shape index (κ3) is 1.26. The summed E-state index contributed by atoms with van der Waals surface area (Å²) in [5, 5.41) is 19.1. The predicted octanol–water partition coefficient (Wildman–Crippen LogP) is 0.237. The first-order chi connectivity index (χ1) is 6.18. The van der Waals surface area contributed by atoms with Crippen LogP contribution in [0.5, 0.6) is 0 Å². The molecule has 0 amide bonds. The number of hydrogen-bond donors (Lipinski definition) is 1. The maximum Gasteiger partial charge on any atom is 0.267 e. The monoisotopic (exact) mass is 183 g/mol. The number of ether oxygens (including phenoxy) is 1. The number of epoxide rings is 1. The third-order valence-electron chi connectivity index (χ3n) is 2.34. The van der Waals surface area contributed by atoms with Crippen LogP contribution in [0, 0.1) is 10.1 Å². The molecular formula is C8H9NO4. The summed E-state index contributed by atoms with van der Waals surface area (Å²) in [7, 11) is 0. The van der Waals surface area contributed by atoms with Gasteiger partial charge >= 0.3 is 0 Å². The average Bonchev–Trinajstić information content (AvgIpc) is 2.77. The maximum absolute atomic E-state index is 10.4. The number of rotatable bonds is 3. The lowest BCUT2D eigenvalue weighted by Crippen LogP contribution is -2.17. The summed E-state index contributed by atoms with van der Waals surface area (Å²) >= 11 is 0. The van der Waals surface area contributed by atoms with Gasteiger partial charge in [0.25, 0.3) is 5.70 Å². The lowest BCUT2D eigenvalue weighted by molar-refractivity contribution is -0.419. The van der Waals surface area contributed by atoms with E-state index in [0.717, 1.165) is 0 Å². The summed E-state index contributed by atoms with van der Waals surface area (Å²) in [5.41, 5.74) is -0.384. The average molecular weight is 183 g/mol. The van der Waals surface area contributed by atoms with Crippen LogP contribution in [0.25, 0.3) is 0 Å². The first kappa shape index (κ1) is 8.40. The van der Waals surface area contributed by atoms with Crippen LogP contribution < -0.4 is 0 Å². The standard InChI is InChI=1S/C8H9NO4/c10-4-3-8-2-1-6(9(11)12)5-7(8)13-8/h1-2,5,7,10H,3-4H2. The molecule has 1 aliphatic carbocycles. The highest BCUT2D eigenvalue weighted by atomic mass is 16.6. The molecule has 2 rings (SSSR count). The van der Waals surface area contributed by atoms with E-state index in [4.69, 9.17) is 9.84 Å². The van der Waals surface area contributed by atoms with Gasteiger partial charge in [-0.2, -0.15) is 0 Å². The Labute approximate surface area is 74.5 Å². The summed E-state index contributed by atoms with van der Waals surface area (Å²) in [6.07, 6.45) is 4.85. The van der Waals surface area contributed by atoms with E-state index >= 15 is 0 Å². The number of nitro groups is 1. The van der Waals surface area contributed by atoms with Crippen LogP contribution in [-0.2, 0) is 4.74 Å². The van der Waals surface area contributed by atoms with Crippen molar-refractivity contribution in [2.75, 3.05) is 6.61 Å². The molecule has 2 unspecified atom stereocenters. The van der Waals surface area contributed by atoms with Crippen molar-refractivity contribution in [3.05, 3.63) is 34.0 Å². The quantitative estimate of drug-likeness (QED) is 0.386. The summed E-state index contributed by atoms with van der Waals surface area (Å²) in [6.45, 7) is 0.0302. The molecule has 13 heavy (non-hydrogen) atoms. The smallest absolute Gasteiger partial charge is 0.267 e. The lowest BCUT2D eigenvalue weighted by Gasteiger charge is -2.06. The molecule has 0 aromatic heterocycles. The Morgan fingerprint density at radius 3 is 3.08 bits per heavy atom. The molecule has 0 radical (unpaired) electrons. The predicted molar refractivity (Wildman–Crippen MR) is 43.5 cm³/mol. The van der Waals surface area contributed by atoms with Crippen molar-refractivity contribution in [2.24, 2.45) is 0 Å². The van der Waals surface area contributed by atoms with E-state index in [1.54, 1.807) is 6.08 Å². The van der Waals surface area contributed by atoms with Gasteiger partial charge in [0.1, 0.15) is 11.7 Å². The molecule has 0 aromatic carbocycles. The van der Waals surface area contributed by atoms with Crippen LogP contribution in [0.3, 0.4) is 0 Å². The SMILES string of the molecule is O=[N+]([O-])C1=CC2OC2(CCO)C=C1. The van der Waals surface area contributed by atoms with Gasteiger partial charge in [0, 0.05) is 25.2 Å². The molecule has 70 valence electrons. The van der Waals surface area contributed by atoms with Crippen LogP contribution in [-0.4, -0.2) is 28.3 Å². The van der Waals surface area contributed by atoms with Gasteiger partial charge in [-0.3, -0.25) is 10.1 Å². The normalized spacial score (nSPS) is 35.2. The van der Waals surface area contributed by atoms with E-state index in [1.807, 2.05) is 0 Å². The van der Waals surface area contributed by atoms with E-state index in [2.05, 4.69) is 0 Å². The Kier molecular flexibility index (Phi) is 1.71. The fourth-order valence-corrected chi connectivity index (χ4v) is 1.53. The lowest BCUT2D eigenvalue weighted by atomic mass is 9.96. The molecule has 1 aliphatic heterocycles. The summed E-state index contributed by atoms with van der Waals surface area (Å²) in [5.74, 6) is 0. The summed E-state index contributed by atoms with van der Waals surface area (Å²) in [4.78, 5) is 9.92. The summed E-state index contributed by atoms with van der Waals surface area (Å²) in [6, 6.07) is 0. The highest BCUT2D eigenvalue weighted by molar-refractivity contribution is 5.34. The molecule has 1 heterocycles. The van der Waals surface area contributed by atoms with Crippen LogP contribution in [0.15, 0.2) is 23.9 Å². The third-order valence-corrected chi connectivity index (χ3v) is 2.34. The van der Waals surface area contributed by atoms with Crippen LogP contribution in [0.2, 0.25) is 0 Å². The Balaban J connectivity index is 2.12. The maximum atomic E-state index is 10.4. The van der Waals surface area contributed by atoms with E-state index in [9.17, 15) is 10.1 Å². The van der Waals surface area contributed by atoms with Crippen molar-refractivity contribution in [3.8, 4) is 0 Å². The van der Waals surface area contributed by atoms with E-state index in [0.29, 0.717) is 6.42 Å². The van der Waals surface area contributed by atoms with Gasteiger partial charge in [-0.15, -0.1) is 0 Å². The topological polar surface area (TPSA) is 75.9 Å². The molecule has 2 aliphatic rings. The van der Waals surface area contributed by atoms with E-state index in [-0.39, 0.29) is 18.4 Å². The largest absolute Gasteiger partial charge is 0.396 e.